The van der Waals surface area contributed by atoms with Crippen molar-refractivity contribution in [2.75, 3.05) is 19.6 Å². The number of likely N-dealkylation sites (tertiary alicyclic amines) is 1. The second kappa shape index (κ2) is 16.9. The molecule has 0 aromatic heterocycles. The van der Waals surface area contributed by atoms with E-state index in [1.54, 1.807) is 62.3 Å². The number of rotatable bonds is 12. The van der Waals surface area contributed by atoms with Crippen LogP contribution in [-0.4, -0.2) is 100 Å². The second-order valence-electron chi connectivity index (χ2n) is 18.1. The average molecular weight is 746 g/mol. The molecule has 1 N–H and O–H groups in total. The number of hydrogen-bond acceptors (Lipinski definition) is 10. The number of hydrogen-bond donors (Lipinski definition) is 1. The summed E-state index contributed by atoms with van der Waals surface area (Å²) in [6, 6.07) is 8.62. The number of carbonyl (C=O) groups is 4. The van der Waals surface area contributed by atoms with Gasteiger partial charge in [0.1, 0.15) is 28.9 Å². The summed E-state index contributed by atoms with van der Waals surface area (Å²) >= 11 is 0. The van der Waals surface area contributed by atoms with Crippen molar-refractivity contribution in [2.45, 2.75) is 168 Å². The number of esters is 1. The topological polar surface area (TPSA) is 142 Å². The standard InChI is InChI=1S/C39H64BN3O10/c1-34(2,3)49-31(45)41-23-24-42(32(46)50-35(4,5)6)29-25-39(43(26-29)33(47)51-36(7,8)9,30(44)48-27-28-19-15-14-16-20-28)21-17-18-22-40-52-37(10,11)38(12,13)53-40/h14-16,19-20,29H,17-18,21-27H2,1-13H3,(H,41,45)/t29-,39-/m1/s1. The molecule has 1 aromatic rings. The molecule has 0 saturated carbocycles. The fourth-order valence-corrected chi connectivity index (χ4v) is 6.26. The van der Waals surface area contributed by atoms with E-state index in [2.05, 4.69) is 5.32 Å². The van der Waals surface area contributed by atoms with E-state index >= 15 is 0 Å². The third-order valence-electron chi connectivity index (χ3n) is 9.36. The third-order valence-corrected chi connectivity index (χ3v) is 9.36. The normalized spacial score (nSPS) is 21.2. The maximum atomic E-state index is 14.5. The van der Waals surface area contributed by atoms with Gasteiger partial charge in [0.25, 0.3) is 0 Å². The molecule has 3 amide bonds. The molecular weight excluding hydrogens is 681 g/mol. The zero-order valence-corrected chi connectivity index (χ0v) is 34.4. The van der Waals surface area contributed by atoms with Crippen LogP contribution in [0.4, 0.5) is 14.4 Å². The van der Waals surface area contributed by atoms with Crippen LogP contribution in [0.3, 0.4) is 0 Å². The van der Waals surface area contributed by atoms with Crippen molar-refractivity contribution < 1.29 is 47.4 Å². The minimum Gasteiger partial charge on any atom is -0.459 e. The summed E-state index contributed by atoms with van der Waals surface area (Å²) in [5.41, 5.74) is -4.07. The summed E-state index contributed by atoms with van der Waals surface area (Å²) in [7, 11) is -0.417. The van der Waals surface area contributed by atoms with E-state index in [9.17, 15) is 19.2 Å². The molecule has 1 aromatic carbocycles. The monoisotopic (exact) mass is 745 g/mol. The van der Waals surface area contributed by atoms with Crippen LogP contribution in [-0.2, 0) is 39.7 Å². The van der Waals surface area contributed by atoms with Gasteiger partial charge in [-0.25, -0.2) is 19.2 Å². The summed E-state index contributed by atoms with van der Waals surface area (Å²) in [4.78, 5) is 57.8. The Morgan fingerprint density at radius 2 is 1.42 bits per heavy atom. The Bertz CT molecular complexity index is 1400. The van der Waals surface area contributed by atoms with Gasteiger partial charge in [0, 0.05) is 26.1 Å². The highest BCUT2D eigenvalue weighted by molar-refractivity contribution is 6.45. The minimum atomic E-state index is -1.49. The predicted molar refractivity (Wildman–Crippen MR) is 202 cm³/mol. The van der Waals surface area contributed by atoms with Gasteiger partial charge in [-0.3, -0.25) is 4.90 Å². The first-order chi connectivity index (χ1) is 24.2. The van der Waals surface area contributed by atoms with Gasteiger partial charge in [-0.2, -0.15) is 0 Å². The van der Waals surface area contributed by atoms with Gasteiger partial charge in [0.2, 0.25) is 0 Å². The van der Waals surface area contributed by atoms with E-state index in [-0.39, 0.29) is 39.1 Å². The minimum absolute atomic E-state index is 0.00223. The van der Waals surface area contributed by atoms with Gasteiger partial charge in [-0.05, 0) is 108 Å². The Balaban J connectivity index is 1.97. The fourth-order valence-electron chi connectivity index (χ4n) is 6.26. The van der Waals surface area contributed by atoms with Crippen molar-refractivity contribution >= 4 is 31.4 Å². The maximum Gasteiger partial charge on any atom is 0.457 e. The van der Waals surface area contributed by atoms with E-state index in [0.717, 1.165) is 5.56 Å². The first-order valence-electron chi connectivity index (χ1n) is 18.8. The molecular formula is C39H64BN3O10. The smallest absolute Gasteiger partial charge is 0.457 e. The molecule has 2 atom stereocenters. The lowest BCUT2D eigenvalue weighted by Crippen LogP contribution is -2.55. The molecule has 2 heterocycles. The SMILES string of the molecule is CC(C)(C)OC(=O)NCCN(C(=O)OC(C)(C)C)[C@H]1CN(C(=O)OC(C)(C)C)[C@@](CCCCB2OC(C)(C)C(C)(C)O2)(C(=O)OCc2ccccc2)C1. The van der Waals surface area contributed by atoms with Gasteiger partial charge in [0.15, 0.2) is 0 Å². The molecule has 0 spiro atoms. The molecule has 0 bridgehead atoms. The van der Waals surface area contributed by atoms with Gasteiger partial charge in [-0.1, -0.05) is 43.2 Å². The summed E-state index contributed by atoms with van der Waals surface area (Å²) in [5, 5.41) is 2.71. The summed E-state index contributed by atoms with van der Waals surface area (Å²) in [6.07, 6.45) is 0.0414. The molecule has 0 aliphatic carbocycles. The first kappa shape index (κ1) is 43.9. The summed E-state index contributed by atoms with van der Waals surface area (Å²) in [5.74, 6) is -0.596. The van der Waals surface area contributed by atoms with Crippen molar-refractivity contribution in [1.29, 1.82) is 0 Å². The largest absolute Gasteiger partial charge is 0.459 e. The average Bonchev–Trinajstić information content (AvgIpc) is 3.47. The van der Waals surface area contributed by atoms with Crippen molar-refractivity contribution in [3.63, 3.8) is 0 Å². The number of nitrogens with zero attached hydrogens (tertiary/aromatic N) is 2. The highest BCUT2D eigenvalue weighted by Crippen LogP contribution is 2.41. The van der Waals surface area contributed by atoms with E-state index < -0.39 is 71.0 Å². The van der Waals surface area contributed by atoms with E-state index in [1.807, 2.05) is 58.0 Å². The van der Waals surface area contributed by atoms with Crippen LogP contribution in [0.15, 0.2) is 30.3 Å². The Morgan fingerprint density at radius 3 is 1.96 bits per heavy atom. The number of unbranched alkanes of at least 4 members (excludes halogenated alkanes) is 1. The van der Waals surface area contributed by atoms with Crippen molar-refractivity contribution in [2.24, 2.45) is 0 Å². The van der Waals surface area contributed by atoms with Crippen molar-refractivity contribution in [3.05, 3.63) is 35.9 Å². The molecule has 14 heteroatoms. The Hall–Kier alpha value is -3.52. The van der Waals surface area contributed by atoms with Gasteiger partial charge in [0.05, 0.1) is 17.2 Å². The lowest BCUT2D eigenvalue weighted by atomic mass is 9.80. The van der Waals surface area contributed by atoms with E-state index in [1.165, 1.54) is 9.80 Å². The van der Waals surface area contributed by atoms with Gasteiger partial charge < -0.3 is 38.5 Å². The molecule has 53 heavy (non-hydrogen) atoms. The zero-order valence-electron chi connectivity index (χ0n) is 34.4. The third kappa shape index (κ3) is 12.8. The second-order valence-corrected chi connectivity index (χ2v) is 18.1. The molecule has 2 aliphatic rings. The predicted octanol–water partition coefficient (Wildman–Crippen LogP) is 7.50. The Kier molecular flexibility index (Phi) is 14.0. The van der Waals surface area contributed by atoms with Crippen LogP contribution in [0.25, 0.3) is 0 Å². The van der Waals surface area contributed by atoms with Gasteiger partial charge >= 0.3 is 31.4 Å². The van der Waals surface area contributed by atoms with Crippen LogP contribution in [0.2, 0.25) is 6.32 Å². The number of alkyl carbamates (subject to hydrolysis) is 1. The quantitative estimate of drug-likeness (QED) is 0.0989. The summed E-state index contributed by atoms with van der Waals surface area (Å²) < 4.78 is 35.5. The van der Waals surface area contributed by atoms with Crippen molar-refractivity contribution in [1.82, 2.24) is 15.1 Å². The summed E-state index contributed by atoms with van der Waals surface area (Å²) in [6.45, 7) is 23.9. The zero-order chi connectivity index (χ0) is 40.0. The molecule has 298 valence electrons. The molecule has 13 nitrogen and oxygen atoms in total. The Morgan fingerprint density at radius 1 is 0.849 bits per heavy atom. The molecule has 0 radical (unpaired) electrons. The van der Waals surface area contributed by atoms with E-state index in [0.29, 0.717) is 19.2 Å². The molecule has 2 saturated heterocycles. The highest BCUT2D eigenvalue weighted by Gasteiger charge is 2.57. The number of nitrogens with one attached hydrogen (secondary N) is 1. The number of benzene rings is 1. The van der Waals surface area contributed by atoms with E-state index in [4.69, 9.17) is 28.3 Å². The molecule has 0 unspecified atom stereocenters. The fraction of sp³-hybridized carbons (Fsp3) is 0.744. The van der Waals surface area contributed by atoms with Gasteiger partial charge in [-0.15, -0.1) is 0 Å². The van der Waals surface area contributed by atoms with Crippen LogP contribution >= 0.6 is 0 Å². The van der Waals surface area contributed by atoms with Crippen LogP contribution in [0.1, 0.15) is 121 Å². The van der Waals surface area contributed by atoms with Crippen molar-refractivity contribution in [3.8, 4) is 0 Å². The maximum absolute atomic E-state index is 14.5. The molecule has 2 aliphatic heterocycles. The number of amides is 3. The lowest BCUT2D eigenvalue weighted by molar-refractivity contribution is -0.158. The molecule has 3 rings (SSSR count). The molecule has 2 fully saturated rings. The lowest BCUT2D eigenvalue weighted by Gasteiger charge is -2.37. The Labute approximate surface area is 317 Å². The number of carbonyl (C=O) groups excluding carboxylic acids is 4. The van der Waals surface area contributed by atoms with Crippen LogP contribution in [0.5, 0.6) is 0 Å². The number of ether oxygens (including phenoxy) is 4. The van der Waals surface area contributed by atoms with Crippen LogP contribution in [0, 0.1) is 0 Å². The highest BCUT2D eigenvalue weighted by atomic mass is 16.7. The van der Waals surface area contributed by atoms with Crippen LogP contribution < -0.4 is 5.32 Å². The first-order valence-corrected chi connectivity index (χ1v) is 18.8.